The number of hydrogen-bond donors (Lipinski definition) is 2. The third kappa shape index (κ3) is 2.33. The molecule has 0 unspecified atom stereocenters. The first-order valence-corrected chi connectivity index (χ1v) is 4.33. The third-order valence-electron chi connectivity index (χ3n) is 1.78. The van der Waals surface area contributed by atoms with E-state index in [-0.39, 0.29) is 5.02 Å². The van der Waals surface area contributed by atoms with Gasteiger partial charge in [0.15, 0.2) is 0 Å². The molecule has 0 radical (unpaired) electrons. The number of aromatic hydroxyl groups is 1. The van der Waals surface area contributed by atoms with Crippen molar-refractivity contribution < 1.29 is 19.0 Å². The van der Waals surface area contributed by atoms with E-state index < -0.39 is 30.3 Å². The zero-order valence-corrected chi connectivity index (χ0v) is 7.93. The number of alkyl halides is 2. The lowest BCUT2D eigenvalue weighted by Gasteiger charge is -2.16. The summed E-state index contributed by atoms with van der Waals surface area (Å²) < 4.78 is 26.4. The van der Waals surface area contributed by atoms with Crippen LogP contribution in [0.2, 0.25) is 5.02 Å². The van der Waals surface area contributed by atoms with Crippen LogP contribution in [0.3, 0.4) is 0 Å². The number of aliphatic hydroxyl groups excluding tert-OH is 1. The lowest BCUT2D eigenvalue weighted by atomic mass is 10.0. The Morgan fingerprint density at radius 3 is 2.50 bits per heavy atom. The van der Waals surface area contributed by atoms with Gasteiger partial charge in [0.2, 0.25) is 0 Å². The van der Waals surface area contributed by atoms with Gasteiger partial charge < -0.3 is 10.2 Å². The summed E-state index contributed by atoms with van der Waals surface area (Å²) in [5, 5.41) is 17.8. The summed E-state index contributed by atoms with van der Waals surface area (Å²) >= 11 is 5.49. The maximum absolute atomic E-state index is 13.2. The number of hydrogen-bond acceptors (Lipinski definition) is 2. The standard InChI is InChI=1S/C9H9ClF2O2/c10-6-1-2-7(8(14)5-6)9(11,12)3-4-13/h1-2,5,13-14H,3-4H2. The molecule has 0 saturated heterocycles. The molecule has 0 aromatic heterocycles. The summed E-state index contributed by atoms with van der Waals surface area (Å²) in [6.45, 7) is -0.644. The van der Waals surface area contributed by atoms with Crippen LogP contribution in [0.5, 0.6) is 5.75 Å². The van der Waals surface area contributed by atoms with Gasteiger partial charge in [-0.25, -0.2) is 8.78 Å². The Bertz CT molecular complexity index is 329. The third-order valence-corrected chi connectivity index (χ3v) is 2.01. The Hall–Kier alpha value is -0.870. The second-order valence-corrected chi connectivity index (χ2v) is 3.28. The van der Waals surface area contributed by atoms with Crippen molar-refractivity contribution in [2.45, 2.75) is 12.3 Å². The van der Waals surface area contributed by atoms with Crippen molar-refractivity contribution in [3.63, 3.8) is 0 Å². The molecule has 0 aliphatic carbocycles. The first kappa shape index (κ1) is 11.2. The van der Waals surface area contributed by atoms with E-state index in [1.165, 1.54) is 6.07 Å². The average Bonchev–Trinajstić information content (AvgIpc) is 2.02. The molecule has 1 aromatic rings. The fourth-order valence-corrected chi connectivity index (χ4v) is 1.26. The van der Waals surface area contributed by atoms with Gasteiger partial charge in [0, 0.05) is 18.1 Å². The summed E-state index contributed by atoms with van der Waals surface area (Å²) in [6.07, 6.45) is -0.720. The smallest absolute Gasteiger partial charge is 0.278 e. The lowest BCUT2D eigenvalue weighted by molar-refractivity contribution is -0.0287. The first-order valence-electron chi connectivity index (χ1n) is 3.95. The number of phenols is 1. The quantitative estimate of drug-likeness (QED) is 0.825. The Balaban J connectivity index is 3.06. The number of phenolic OH excluding ortho intramolecular Hbond substituents is 1. The molecule has 0 aliphatic rings. The molecule has 0 aliphatic heterocycles. The normalized spacial score (nSPS) is 11.7. The minimum Gasteiger partial charge on any atom is -0.507 e. The van der Waals surface area contributed by atoms with E-state index in [1.807, 2.05) is 0 Å². The van der Waals surface area contributed by atoms with Crippen molar-refractivity contribution in [2.24, 2.45) is 0 Å². The molecular formula is C9H9ClF2O2. The molecule has 78 valence electrons. The minimum absolute atomic E-state index is 0.186. The highest BCUT2D eigenvalue weighted by molar-refractivity contribution is 6.30. The van der Waals surface area contributed by atoms with Crippen molar-refractivity contribution in [2.75, 3.05) is 6.61 Å². The van der Waals surface area contributed by atoms with E-state index in [0.29, 0.717) is 0 Å². The monoisotopic (exact) mass is 222 g/mol. The molecule has 1 rings (SSSR count). The topological polar surface area (TPSA) is 40.5 Å². The number of benzene rings is 1. The second-order valence-electron chi connectivity index (χ2n) is 2.84. The van der Waals surface area contributed by atoms with Crippen LogP contribution in [0.25, 0.3) is 0 Å². The maximum atomic E-state index is 13.2. The summed E-state index contributed by atoms with van der Waals surface area (Å²) in [4.78, 5) is 0. The van der Waals surface area contributed by atoms with Crippen molar-refractivity contribution in [1.29, 1.82) is 0 Å². The Labute approximate surface area is 84.7 Å². The number of rotatable bonds is 3. The second kappa shape index (κ2) is 4.11. The van der Waals surface area contributed by atoms with Crippen molar-refractivity contribution in [1.82, 2.24) is 0 Å². The largest absolute Gasteiger partial charge is 0.507 e. The summed E-state index contributed by atoms with van der Waals surface area (Å²) in [7, 11) is 0. The molecule has 0 amide bonds. The lowest BCUT2D eigenvalue weighted by Crippen LogP contribution is -2.15. The summed E-state index contributed by atoms with van der Waals surface area (Å²) in [5.74, 6) is -3.79. The molecule has 0 bridgehead atoms. The maximum Gasteiger partial charge on any atom is 0.278 e. The van der Waals surface area contributed by atoms with Gasteiger partial charge in [-0.15, -0.1) is 0 Å². The molecular weight excluding hydrogens is 214 g/mol. The molecule has 0 fully saturated rings. The fourth-order valence-electron chi connectivity index (χ4n) is 1.09. The first-order chi connectivity index (χ1) is 6.47. The molecule has 0 heterocycles. The van der Waals surface area contributed by atoms with Crippen molar-refractivity contribution in [3.8, 4) is 5.75 Å². The van der Waals surface area contributed by atoms with E-state index in [0.717, 1.165) is 12.1 Å². The molecule has 0 saturated carbocycles. The zero-order valence-electron chi connectivity index (χ0n) is 7.17. The van der Waals surface area contributed by atoms with Crippen LogP contribution in [0.1, 0.15) is 12.0 Å². The molecule has 2 N–H and O–H groups in total. The van der Waals surface area contributed by atoms with E-state index in [1.54, 1.807) is 0 Å². The molecule has 5 heteroatoms. The zero-order chi connectivity index (χ0) is 10.8. The highest BCUT2D eigenvalue weighted by Crippen LogP contribution is 2.37. The Kier molecular flexibility index (Phi) is 3.29. The van der Waals surface area contributed by atoms with Gasteiger partial charge in [0.25, 0.3) is 5.92 Å². The van der Waals surface area contributed by atoms with E-state index >= 15 is 0 Å². The fraction of sp³-hybridized carbons (Fsp3) is 0.333. The van der Waals surface area contributed by atoms with Crippen LogP contribution in [0.4, 0.5) is 8.78 Å². The van der Waals surface area contributed by atoms with Crippen molar-refractivity contribution in [3.05, 3.63) is 28.8 Å². The van der Waals surface area contributed by atoms with Crippen LogP contribution < -0.4 is 0 Å². The van der Waals surface area contributed by atoms with Gasteiger partial charge in [0.05, 0.1) is 5.56 Å². The van der Waals surface area contributed by atoms with Crippen LogP contribution in [0.15, 0.2) is 18.2 Å². The minimum atomic E-state index is -3.23. The Morgan fingerprint density at radius 1 is 1.36 bits per heavy atom. The Morgan fingerprint density at radius 2 is 2.00 bits per heavy atom. The molecule has 1 aromatic carbocycles. The molecule has 0 atom stereocenters. The molecule has 2 nitrogen and oxygen atoms in total. The van der Waals surface area contributed by atoms with Gasteiger partial charge in [-0.3, -0.25) is 0 Å². The van der Waals surface area contributed by atoms with E-state index in [9.17, 15) is 13.9 Å². The molecule has 14 heavy (non-hydrogen) atoms. The van der Waals surface area contributed by atoms with Gasteiger partial charge in [-0.05, 0) is 18.2 Å². The highest BCUT2D eigenvalue weighted by atomic mass is 35.5. The highest BCUT2D eigenvalue weighted by Gasteiger charge is 2.33. The van der Waals surface area contributed by atoms with Crippen LogP contribution >= 0.6 is 11.6 Å². The van der Waals surface area contributed by atoms with Gasteiger partial charge >= 0.3 is 0 Å². The number of aliphatic hydroxyl groups is 1. The molecule has 0 spiro atoms. The average molecular weight is 223 g/mol. The van der Waals surface area contributed by atoms with E-state index in [2.05, 4.69) is 0 Å². The number of halogens is 3. The van der Waals surface area contributed by atoms with Gasteiger partial charge in [-0.1, -0.05) is 11.6 Å². The summed E-state index contributed by atoms with van der Waals surface area (Å²) in [5.41, 5.74) is -0.518. The van der Waals surface area contributed by atoms with E-state index in [4.69, 9.17) is 16.7 Å². The predicted octanol–water partition coefficient (Wildman–Crippen LogP) is 2.52. The predicted molar refractivity (Wildman–Crippen MR) is 48.7 cm³/mol. The SMILES string of the molecule is OCCC(F)(F)c1ccc(Cl)cc1O. The summed E-state index contributed by atoms with van der Waals surface area (Å²) in [6, 6.07) is 3.36. The van der Waals surface area contributed by atoms with Crippen LogP contribution in [-0.4, -0.2) is 16.8 Å². The van der Waals surface area contributed by atoms with Crippen LogP contribution in [-0.2, 0) is 5.92 Å². The van der Waals surface area contributed by atoms with Gasteiger partial charge in [-0.2, -0.15) is 0 Å². The van der Waals surface area contributed by atoms with Crippen molar-refractivity contribution >= 4 is 11.6 Å². The van der Waals surface area contributed by atoms with Gasteiger partial charge in [0.1, 0.15) is 5.75 Å². The van der Waals surface area contributed by atoms with Crippen LogP contribution in [0, 0.1) is 0 Å².